The maximum absolute atomic E-state index is 12.1. The van der Waals surface area contributed by atoms with Crippen molar-refractivity contribution < 1.29 is 14.3 Å². The van der Waals surface area contributed by atoms with Crippen molar-refractivity contribution in [3.63, 3.8) is 0 Å². The number of nitrogens with one attached hydrogen (secondary N) is 1. The summed E-state index contributed by atoms with van der Waals surface area (Å²) in [6.07, 6.45) is 2.74. The van der Waals surface area contributed by atoms with E-state index in [1.165, 1.54) is 12.1 Å². The van der Waals surface area contributed by atoms with Crippen molar-refractivity contribution in [1.29, 1.82) is 0 Å². The molecule has 0 aliphatic carbocycles. The van der Waals surface area contributed by atoms with Gasteiger partial charge in [0.2, 0.25) is 0 Å². The molecule has 1 atom stereocenters. The van der Waals surface area contributed by atoms with Crippen LogP contribution in [0, 0.1) is 5.92 Å². The van der Waals surface area contributed by atoms with Crippen LogP contribution in [0.5, 0.6) is 5.75 Å². The van der Waals surface area contributed by atoms with Crippen LogP contribution >= 0.6 is 11.6 Å². The Kier molecular flexibility index (Phi) is 4.88. The first-order valence-corrected chi connectivity index (χ1v) is 8.01. The lowest BCUT2D eigenvalue weighted by atomic mass is 10.1. The highest BCUT2D eigenvalue weighted by Gasteiger charge is 2.23. The highest BCUT2D eigenvalue weighted by Crippen LogP contribution is 2.24. The Hall–Kier alpha value is -1.98. The van der Waals surface area contributed by atoms with Crippen molar-refractivity contribution in [3.8, 4) is 5.75 Å². The van der Waals surface area contributed by atoms with E-state index in [-0.39, 0.29) is 16.7 Å². The molecule has 0 unspecified atom stereocenters. The third-order valence-electron chi connectivity index (χ3n) is 4.09. The zero-order valence-corrected chi connectivity index (χ0v) is 13.4. The van der Waals surface area contributed by atoms with E-state index < -0.39 is 0 Å². The molecule has 23 heavy (non-hydrogen) atoms. The van der Waals surface area contributed by atoms with Gasteiger partial charge >= 0.3 is 0 Å². The number of aromatic hydroxyl groups is 1. The Morgan fingerprint density at radius 1 is 1.43 bits per heavy atom. The predicted molar refractivity (Wildman–Crippen MR) is 87.5 cm³/mol. The number of nitrogens with zero attached hydrogens (tertiary/aromatic N) is 1. The Labute approximate surface area is 139 Å². The monoisotopic (exact) mass is 334 g/mol. The van der Waals surface area contributed by atoms with Gasteiger partial charge in [-0.25, -0.2) is 0 Å². The van der Waals surface area contributed by atoms with Gasteiger partial charge in [0.25, 0.3) is 5.91 Å². The number of furan rings is 1. The summed E-state index contributed by atoms with van der Waals surface area (Å²) in [6, 6.07) is 8.34. The van der Waals surface area contributed by atoms with Crippen molar-refractivity contribution in [2.75, 3.05) is 19.6 Å². The number of hydrogen-bond donors (Lipinski definition) is 2. The molecule has 1 aliphatic heterocycles. The summed E-state index contributed by atoms with van der Waals surface area (Å²) in [5.74, 6) is 1.21. The van der Waals surface area contributed by atoms with E-state index in [0.717, 1.165) is 31.8 Å². The molecule has 1 saturated heterocycles. The summed E-state index contributed by atoms with van der Waals surface area (Å²) in [6.45, 7) is 3.39. The van der Waals surface area contributed by atoms with Crippen LogP contribution in [-0.2, 0) is 6.54 Å². The van der Waals surface area contributed by atoms with Crippen LogP contribution in [0.25, 0.3) is 0 Å². The van der Waals surface area contributed by atoms with Crippen LogP contribution in [0.4, 0.5) is 0 Å². The Morgan fingerprint density at radius 2 is 2.30 bits per heavy atom. The van der Waals surface area contributed by atoms with E-state index in [1.807, 2.05) is 12.1 Å². The van der Waals surface area contributed by atoms with E-state index in [2.05, 4.69) is 10.2 Å². The van der Waals surface area contributed by atoms with Gasteiger partial charge in [-0.1, -0.05) is 11.6 Å². The van der Waals surface area contributed by atoms with Crippen LogP contribution in [-0.4, -0.2) is 35.5 Å². The number of amides is 1. The molecule has 2 heterocycles. The number of phenols is 1. The molecule has 1 aliphatic rings. The fourth-order valence-corrected chi connectivity index (χ4v) is 3.01. The van der Waals surface area contributed by atoms with Crippen molar-refractivity contribution in [1.82, 2.24) is 10.2 Å². The maximum atomic E-state index is 12.1. The number of carbonyl (C=O) groups is 1. The summed E-state index contributed by atoms with van der Waals surface area (Å²) in [7, 11) is 0. The second-order valence-electron chi connectivity index (χ2n) is 5.85. The molecule has 0 spiro atoms. The molecule has 2 N–H and O–H groups in total. The van der Waals surface area contributed by atoms with Gasteiger partial charge in [-0.05, 0) is 49.2 Å². The van der Waals surface area contributed by atoms with Crippen LogP contribution in [0.3, 0.4) is 0 Å². The van der Waals surface area contributed by atoms with Crippen LogP contribution in [0.1, 0.15) is 22.5 Å². The molecule has 5 nitrogen and oxygen atoms in total. The van der Waals surface area contributed by atoms with Crippen molar-refractivity contribution in [2.45, 2.75) is 13.0 Å². The lowest BCUT2D eigenvalue weighted by molar-refractivity contribution is 0.0947. The van der Waals surface area contributed by atoms with Crippen molar-refractivity contribution in [3.05, 3.63) is 52.9 Å². The number of carbonyl (C=O) groups excluding carboxylic acids is 1. The van der Waals surface area contributed by atoms with Gasteiger partial charge in [-0.15, -0.1) is 0 Å². The molecular weight excluding hydrogens is 316 g/mol. The molecule has 0 radical (unpaired) electrons. The number of hydrogen-bond acceptors (Lipinski definition) is 4. The van der Waals surface area contributed by atoms with Crippen LogP contribution in [0.15, 0.2) is 41.0 Å². The second kappa shape index (κ2) is 7.06. The molecule has 122 valence electrons. The fourth-order valence-electron chi connectivity index (χ4n) is 2.83. The van der Waals surface area contributed by atoms with Gasteiger partial charge < -0.3 is 14.8 Å². The summed E-state index contributed by atoms with van der Waals surface area (Å²) in [4.78, 5) is 14.4. The third kappa shape index (κ3) is 4.06. The number of phenolic OH excluding ortho intramolecular Hbond substituents is 1. The van der Waals surface area contributed by atoms with E-state index in [1.54, 1.807) is 12.3 Å². The topological polar surface area (TPSA) is 65.7 Å². The molecule has 1 aromatic carbocycles. The average molecular weight is 335 g/mol. The van der Waals surface area contributed by atoms with Gasteiger partial charge in [-0.3, -0.25) is 9.69 Å². The first-order valence-electron chi connectivity index (χ1n) is 7.63. The number of benzene rings is 1. The first-order chi connectivity index (χ1) is 11.1. The Morgan fingerprint density at radius 3 is 3.04 bits per heavy atom. The lowest BCUT2D eigenvalue weighted by Gasteiger charge is -2.15. The zero-order valence-electron chi connectivity index (χ0n) is 12.7. The van der Waals surface area contributed by atoms with Gasteiger partial charge in [0, 0.05) is 18.7 Å². The normalized spacial score (nSPS) is 18.2. The quantitative estimate of drug-likeness (QED) is 0.882. The van der Waals surface area contributed by atoms with E-state index in [9.17, 15) is 9.90 Å². The van der Waals surface area contributed by atoms with Gasteiger partial charge in [-0.2, -0.15) is 0 Å². The number of rotatable bonds is 5. The SMILES string of the molecule is O=C(NC[C@H]1CCN(Cc2ccco2)C1)c1ccc(O)c(Cl)c1. The number of halogens is 1. The molecule has 2 aromatic rings. The standard InChI is InChI=1S/C17H19ClN2O3/c18-15-8-13(3-4-16(15)21)17(22)19-9-12-5-6-20(10-12)11-14-2-1-7-23-14/h1-4,7-8,12,21H,5-6,9-11H2,(H,19,22)/t12-/m1/s1. The minimum atomic E-state index is -0.170. The largest absolute Gasteiger partial charge is 0.506 e. The predicted octanol–water partition coefficient (Wildman–Crippen LogP) is 2.89. The molecule has 1 aromatic heterocycles. The minimum Gasteiger partial charge on any atom is -0.506 e. The van der Waals surface area contributed by atoms with Crippen LogP contribution in [0.2, 0.25) is 5.02 Å². The summed E-state index contributed by atoms with van der Waals surface area (Å²) in [5.41, 5.74) is 0.457. The highest BCUT2D eigenvalue weighted by atomic mass is 35.5. The third-order valence-corrected chi connectivity index (χ3v) is 4.39. The molecule has 3 rings (SSSR count). The van der Waals surface area contributed by atoms with Crippen molar-refractivity contribution in [2.24, 2.45) is 5.92 Å². The smallest absolute Gasteiger partial charge is 0.251 e. The maximum Gasteiger partial charge on any atom is 0.251 e. The number of likely N-dealkylation sites (tertiary alicyclic amines) is 1. The van der Waals surface area contributed by atoms with Crippen molar-refractivity contribution >= 4 is 17.5 Å². The summed E-state index contributed by atoms with van der Waals surface area (Å²) < 4.78 is 5.36. The van der Waals surface area contributed by atoms with E-state index in [0.29, 0.717) is 18.0 Å². The molecule has 0 saturated carbocycles. The van der Waals surface area contributed by atoms with Gasteiger partial charge in [0.05, 0.1) is 17.8 Å². The van der Waals surface area contributed by atoms with Crippen LogP contribution < -0.4 is 5.32 Å². The van der Waals surface area contributed by atoms with Gasteiger partial charge in [0.15, 0.2) is 0 Å². The van der Waals surface area contributed by atoms with E-state index in [4.69, 9.17) is 16.0 Å². The Bertz CT molecular complexity index is 672. The Balaban J connectivity index is 1.47. The zero-order chi connectivity index (χ0) is 16.2. The first kappa shape index (κ1) is 15.9. The molecule has 1 fully saturated rings. The molecule has 0 bridgehead atoms. The summed E-state index contributed by atoms with van der Waals surface area (Å²) in [5, 5.41) is 12.5. The average Bonchev–Trinajstić information content (AvgIpc) is 3.20. The highest BCUT2D eigenvalue weighted by molar-refractivity contribution is 6.32. The lowest BCUT2D eigenvalue weighted by Crippen LogP contribution is -2.30. The molecular formula is C17H19ClN2O3. The fraction of sp³-hybridized carbons (Fsp3) is 0.353. The van der Waals surface area contributed by atoms with Gasteiger partial charge in [0.1, 0.15) is 11.5 Å². The second-order valence-corrected chi connectivity index (χ2v) is 6.25. The molecule has 1 amide bonds. The van der Waals surface area contributed by atoms with E-state index >= 15 is 0 Å². The minimum absolute atomic E-state index is 0.0208. The molecule has 6 heteroatoms. The summed E-state index contributed by atoms with van der Waals surface area (Å²) >= 11 is 5.83.